The number of hydrogen-bond donors (Lipinski definition) is 1. The summed E-state index contributed by atoms with van der Waals surface area (Å²) in [7, 11) is 4.23. The van der Waals surface area contributed by atoms with E-state index in [1.54, 1.807) is 0 Å². The minimum Gasteiger partial charge on any atom is -1.00 e. The largest absolute Gasteiger partial charge is 1.00 e. The maximum absolute atomic E-state index is 10.8. The zero-order valence-electron chi connectivity index (χ0n) is 13.0. The Bertz CT molecular complexity index is 613. The van der Waals surface area contributed by atoms with E-state index in [0.29, 0.717) is 13.2 Å². The van der Waals surface area contributed by atoms with Gasteiger partial charge in [0.25, 0.3) is 0 Å². The zero-order chi connectivity index (χ0) is 14.9. The van der Waals surface area contributed by atoms with E-state index in [2.05, 4.69) is 26.2 Å². The maximum atomic E-state index is 10.8. The zero-order valence-corrected chi connectivity index (χ0v) is 14.6. The molecule has 1 N–H and O–H groups in total. The highest BCUT2D eigenvalue weighted by Gasteiger charge is 2.42. The van der Waals surface area contributed by atoms with E-state index in [4.69, 9.17) is 4.74 Å². The van der Waals surface area contributed by atoms with Crippen LogP contribution in [0.15, 0.2) is 54.6 Å². The van der Waals surface area contributed by atoms with Crippen molar-refractivity contribution in [2.24, 2.45) is 0 Å². The van der Waals surface area contributed by atoms with Crippen molar-refractivity contribution in [3.63, 3.8) is 0 Å². The molecule has 0 aliphatic carbocycles. The lowest BCUT2D eigenvalue weighted by Gasteiger charge is -2.42. The lowest BCUT2D eigenvalue weighted by Crippen LogP contribution is -3.00. The summed E-state index contributed by atoms with van der Waals surface area (Å²) in [6.07, 6.45) is 0. The van der Waals surface area contributed by atoms with E-state index in [-0.39, 0.29) is 17.0 Å². The third kappa shape index (κ3) is 3.58. The van der Waals surface area contributed by atoms with Crippen LogP contribution in [-0.2, 0) is 10.5 Å². The molecule has 4 heteroatoms. The molecule has 0 amide bonds. The third-order valence-electron chi connectivity index (χ3n) is 4.12. The van der Waals surface area contributed by atoms with E-state index >= 15 is 0 Å². The van der Waals surface area contributed by atoms with Gasteiger partial charge >= 0.3 is 0 Å². The van der Waals surface area contributed by atoms with E-state index in [9.17, 15) is 5.11 Å². The van der Waals surface area contributed by atoms with Gasteiger partial charge in [-0.2, -0.15) is 0 Å². The van der Waals surface area contributed by atoms with Crippen LogP contribution >= 0.6 is 0 Å². The average molecular weight is 364 g/mol. The van der Waals surface area contributed by atoms with Gasteiger partial charge in [-0.3, -0.25) is 0 Å². The average Bonchev–Trinajstić information content (AvgIpc) is 2.47. The summed E-state index contributed by atoms with van der Waals surface area (Å²) in [4.78, 5) is 0. The summed E-state index contributed by atoms with van der Waals surface area (Å²) in [6.45, 7) is 2.06. The van der Waals surface area contributed by atoms with Crippen LogP contribution < -0.4 is 17.0 Å². The minimum atomic E-state index is -1.18. The highest BCUT2D eigenvalue weighted by atomic mass is 79.9. The molecule has 1 aliphatic rings. The number of benzene rings is 2. The Morgan fingerprint density at radius 2 is 1.55 bits per heavy atom. The fourth-order valence-electron chi connectivity index (χ4n) is 2.89. The van der Waals surface area contributed by atoms with Crippen LogP contribution in [0, 0.1) is 0 Å². The molecule has 0 saturated carbocycles. The van der Waals surface area contributed by atoms with Crippen LogP contribution in [0.4, 0.5) is 0 Å². The molecule has 0 radical (unpaired) electrons. The number of quaternary nitrogens is 1. The second-order valence-electron chi connectivity index (χ2n) is 6.39. The van der Waals surface area contributed by atoms with Crippen LogP contribution in [0.2, 0.25) is 0 Å². The Labute approximate surface area is 142 Å². The molecule has 1 saturated heterocycles. The maximum Gasteiger partial charge on any atom is 0.243 e. The molecular weight excluding hydrogens is 342 g/mol. The second kappa shape index (κ2) is 6.50. The predicted octanol–water partition coefficient (Wildman–Crippen LogP) is -0.391. The fraction of sp³-hybridized carbons (Fsp3) is 0.333. The molecule has 1 unspecified atom stereocenters. The summed E-state index contributed by atoms with van der Waals surface area (Å²) >= 11 is 0. The number of hydrogen-bond acceptors (Lipinski definition) is 2. The van der Waals surface area contributed by atoms with E-state index in [1.807, 2.05) is 42.5 Å². The first-order valence-corrected chi connectivity index (χ1v) is 7.33. The summed E-state index contributed by atoms with van der Waals surface area (Å²) in [5.41, 5.74) is 3.15. The molecule has 2 aromatic carbocycles. The van der Waals surface area contributed by atoms with Crippen molar-refractivity contribution in [2.45, 2.75) is 5.79 Å². The molecule has 22 heavy (non-hydrogen) atoms. The summed E-state index contributed by atoms with van der Waals surface area (Å²) in [6, 6.07) is 18.3. The lowest BCUT2D eigenvalue weighted by molar-refractivity contribution is -0.912. The molecule has 0 aromatic heterocycles. The van der Waals surface area contributed by atoms with Crippen molar-refractivity contribution in [3.8, 4) is 11.1 Å². The van der Waals surface area contributed by atoms with Crippen molar-refractivity contribution in [3.05, 3.63) is 60.2 Å². The first-order valence-electron chi connectivity index (χ1n) is 7.33. The first-order chi connectivity index (χ1) is 9.99. The molecule has 2 aromatic rings. The molecule has 3 rings (SSSR count). The normalized spacial score (nSPS) is 23.6. The number of rotatable bonds is 2. The van der Waals surface area contributed by atoms with Crippen LogP contribution in [-0.4, -0.2) is 43.4 Å². The number of ether oxygens (including phenoxy) is 1. The van der Waals surface area contributed by atoms with Crippen LogP contribution in [0.5, 0.6) is 0 Å². The Balaban J connectivity index is 0.00000176. The summed E-state index contributed by atoms with van der Waals surface area (Å²) in [5, 5.41) is 10.8. The summed E-state index contributed by atoms with van der Waals surface area (Å²) in [5.74, 6) is -1.18. The first kappa shape index (κ1) is 17.2. The van der Waals surface area contributed by atoms with Crippen molar-refractivity contribution < 1.29 is 31.3 Å². The van der Waals surface area contributed by atoms with Gasteiger partial charge in [0.05, 0.1) is 20.7 Å². The van der Waals surface area contributed by atoms with Crippen molar-refractivity contribution >= 4 is 0 Å². The quantitative estimate of drug-likeness (QED) is 0.736. The van der Waals surface area contributed by atoms with Gasteiger partial charge in [-0.1, -0.05) is 54.6 Å². The number of likely N-dealkylation sites (N-methyl/N-ethyl adjacent to an activating group) is 1. The van der Waals surface area contributed by atoms with E-state index in [1.165, 1.54) is 5.56 Å². The van der Waals surface area contributed by atoms with E-state index in [0.717, 1.165) is 22.2 Å². The molecule has 1 atom stereocenters. The molecule has 1 fully saturated rings. The second-order valence-corrected chi connectivity index (χ2v) is 6.39. The number of morpholine rings is 1. The third-order valence-corrected chi connectivity index (χ3v) is 4.12. The number of halogens is 1. The smallest absolute Gasteiger partial charge is 0.243 e. The van der Waals surface area contributed by atoms with Gasteiger partial charge in [0.1, 0.15) is 13.1 Å². The monoisotopic (exact) mass is 363 g/mol. The van der Waals surface area contributed by atoms with Gasteiger partial charge in [-0.25, -0.2) is 0 Å². The molecular formula is C18H22BrNO2. The fourth-order valence-corrected chi connectivity index (χ4v) is 2.89. The van der Waals surface area contributed by atoms with Gasteiger partial charge in [0, 0.05) is 5.56 Å². The summed E-state index contributed by atoms with van der Waals surface area (Å²) < 4.78 is 6.43. The predicted molar refractivity (Wildman–Crippen MR) is 83.6 cm³/mol. The van der Waals surface area contributed by atoms with Gasteiger partial charge in [-0.15, -0.1) is 0 Å². The minimum absolute atomic E-state index is 0. The highest BCUT2D eigenvalue weighted by Crippen LogP contribution is 2.30. The van der Waals surface area contributed by atoms with Crippen LogP contribution in [0.1, 0.15) is 5.56 Å². The Morgan fingerprint density at radius 3 is 2.14 bits per heavy atom. The Kier molecular flexibility index (Phi) is 5.07. The molecule has 118 valence electrons. The topological polar surface area (TPSA) is 29.5 Å². The molecule has 1 heterocycles. The highest BCUT2D eigenvalue weighted by molar-refractivity contribution is 5.63. The number of aliphatic hydroxyl groups is 1. The SMILES string of the molecule is C[N+]1(C)CCOC(O)(c2ccc(-c3ccccc3)cc2)C1.[Br-]. The molecule has 3 nitrogen and oxygen atoms in total. The van der Waals surface area contributed by atoms with Crippen molar-refractivity contribution in [2.75, 3.05) is 33.8 Å². The Morgan fingerprint density at radius 1 is 0.955 bits per heavy atom. The van der Waals surface area contributed by atoms with Gasteiger partial charge in [-0.05, 0) is 11.1 Å². The standard InChI is InChI=1S/C18H22NO2.BrH/c1-19(2)12-13-21-18(20,14-19)17-10-8-16(9-11-17)15-6-4-3-5-7-15;/h3-11,20H,12-14H2,1-2H3;1H/q+1;/p-1. The molecule has 0 spiro atoms. The van der Waals surface area contributed by atoms with E-state index < -0.39 is 5.79 Å². The molecule has 0 bridgehead atoms. The van der Waals surface area contributed by atoms with Crippen LogP contribution in [0.3, 0.4) is 0 Å². The van der Waals surface area contributed by atoms with Crippen molar-refractivity contribution in [1.29, 1.82) is 0 Å². The molecule has 1 aliphatic heterocycles. The van der Waals surface area contributed by atoms with Gasteiger partial charge in [0.2, 0.25) is 5.79 Å². The van der Waals surface area contributed by atoms with Crippen molar-refractivity contribution in [1.82, 2.24) is 0 Å². The van der Waals surface area contributed by atoms with Crippen LogP contribution in [0.25, 0.3) is 11.1 Å². The van der Waals surface area contributed by atoms with Gasteiger partial charge in [0.15, 0.2) is 0 Å². The van der Waals surface area contributed by atoms with Gasteiger partial charge < -0.3 is 31.3 Å². The number of nitrogens with zero attached hydrogens (tertiary/aromatic N) is 1. The lowest BCUT2D eigenvalue weighted by atomic mass is 9.98. The Hall–Kier alpha value is -1.20.